The summed E-state index contributed by atoms with van der Waals surface area (Å²) in [4.78, 5) is 4.20. The van der Waals surface area contributed by atoms with E-state index in [4.69, 9.17) is 0 Å². The molecule has 0 aromatic carbocycles. The van der Waals surface area contributed by atoms with Crippen molar-refractivity contribution in [3.05, 3.63) is 16.6 Å². The van der Waals surface area contributed by atoms with E-state index in [-0.39, 0.29) is 11.7 Å². The molecular formula is C13H25N3O2S2. The van der Waals surface area contributed by atoms with Crippen molar-refractivity contribution in [2.24, 2.45) is 0 Å². The second-order valence-electron chi connectivity index (χ2n) is 4.90. The van der Waals surface area contributed by atoms with Gasteiger partial charge in [0.25, 0.3) is 0 Å². The normalized spacial score (nSPS) is 13.5. The van der Waals surface area contributed by atoms with Crippen molar-refractivity contribution in [3.63, 3.8) is 0 Å². The van der Waals surface area contributed by atoms with Crippen molar-refractivity contribution in [2.75, 3.05) is 25.4 Å². The number of hydrogen-bond donors (Lipinski definition) is 2. The average Bonchev–Trinajstić information content (AvgIpc) is 2.94. The average molecular weight is 319 g/mol. The third kappa shape index (κ3) is 7.33. The molecule has 116 valence electrons. The van der Waals surface area contributed by atoms with E-state index in [0.29, 0.717) is 13.0 Å². The molecule has 0 aliphatic rings. The van der Waals surface area contributed by atoms with Crippen LogP contribution in [0.1, 0.15) is 44.0 Å². The van der Waals surface area contributed by atoms with Gasteiger partial charge < -0.3 is 5.32 Å². The molecule has 1 heterocycles. The van der Waals surface area contributed by atoms with Gasteiger partial charge in [0.1, 0.15) is 0 Å². The number of rotatable bonds is 11. The molecule has 20 heavy (non-hydrogen) atoms. The van der Waals surface area contributed by atoms with Crippen LogP contribution in [0, 0.1) is 0 Å². The highest BCUT2D eigenvalue weighted by molar-refractivity contribution is 7.89. The number of thiazole rings is 1. The highest BCUT2D eigenvalue weighted by atomic mass is 32.2. The molecule has 0 fully saturated rings. The Balaban J connectivity index is 2.18. The van der Waals surface area contributed by atoms with Gasteiger partial charge in [-0.3, -0.25) is 0 Å². The first kappa shape index (κ1) is 17.6. The number of nitrogens with zero attached hydrogens (tertiary/aromatic N) is 1. The first-order valence-electron chi connectivity index (χ1n) is 7.12. The van der Waals surface area contributed by atoms with Crippen LogP contribution >= 0.6 is 11.3 Å². The van der Waals surface area contributed by atoms with Gasteiger partial charge in [0, 0.05) is 24.0 Å². The first-order valence-corrected chi connectivity index (χ1v) is 9.66. The van der Waals surface area contributed by atoms with E-state index in [2.05, 4.69) is 21.9 Å². The van der Waals surface area contributed by atoms with Crippen LogP contribution in [0.3, 0.4) is 0 Å². The van der Waals surface area contributed by atoms with Crippen LogP contribution in [0.4, 0.5) is 0 Å². The van der Waals surface area contributed by atoms with Crippen LogP contribution < -0.4 is 10.0 Å². The molecular weight excluding hydrogens is 294 g/mol. The summed E-state index contributed by atoms with van der Waals surface area (Å²) in [5.41, 5.74) is 0. The van der Waals surface area contributed by atoms with E-state index >= 15 is 0 Å². The quantitative estimate of drug-likeness (QED) is 0.612. The van der Waals surface area contributed by atoms with Crippen LogP contribution in [0.5, 0.6) is 0 Å². The number of nitrogens with one attached hydrogen (secondary N) is 2. The number of hydrogen-bond acceptors (Lipinski definition) is 5. The summed E-state index contributed by atoms with van der Waals surface area (Å²) in [6.07, 6.45) is 4.43. The molecule has 0 aliphatic heterocycles. The molecule has 5 nitrogen and oxygen atoms in total. The van der Waals surface area contributed by atoms with E-state index in [9.17, 15) is 8.42 Å². The Morgan fingerprint density at radius 1 is 1.35 bits per heavy atom. The van der Waals surface area contributed by atoms with Gasteiger partial charge in [0.15, 0.2) is 0 Å². The summed E-state index contributed by atoms with van der Waals surface area (Å²) in [6, 6.07) is 0. The maximum absolute atomic E-state index is 11.8. The predicted molar refractivity (Wildman–Crippen MR) is 84.7 cm³/mol. The Morgan fingerprint density at radius 2 is 2.15 bits per heavy atom. The van der Waals surface area contributed by atoms with E-state index in [1.54, 1.807) is 17.5 Å². The topological polar surface area (TPSA) is 71.1 Å². The molecule has 0 spiro atoms. The SMILES string of the molecule is CCCNCCCCS(=O)(=O)NCC(C)c1nccs1. The van der Waals surface area contributed by atoms with Crippen molar-refractivity contribution in [3.8, 4) is 0 Å². The molecule has 1 atom stereocenters. The summed E-state index contributed by atoms with van der Waals surface area (Å²) >= 11 is 1.56. The van der Waals surface area contributed by atoms with Crippen LogP contribution in [0.25, 0.3) is 0 Å². The number of unbranched alkanes of at least 4 members (excludes halogenated alkanes) is 1. The van der Waals surface area contributed by atoms with Crippen molar-refractivity contribution < 1.29 is 8.42 Å². The molecule has 2 N–H and O–H groups in total. The van der Waals surface area contributed by atoms with Crippen molar-refractivity contribution >= 4 is 21.4 Å². The second kappa shape index (κ2) is 9.44. The lowest BCUT2D eigenvalue weighted by atomic mass is 10.2. The monoisotopic (exact) mass is 319 g/mol. The van der Waals surface area contributed by atoms with E-state index in [1.165, 1.54) is 0 Å². The number of sulfonamides is 1. The Hall–Kier alpha value is -0.500. The Morgan fingerprint density at radius 3 is 2.80 bits per heavy atom. The summed E-state index contributed by atoms with van der Waals surface area (Å²) in [6.45, 7) is 6.40. The summed E-state index contributed by atoms with van der Waals surface area (Å²) in [5, 5.41) is 6.14. The molecule has 7 heteroatoms. The fourth-order valence-corrected chi connectivity index (χ4v) is 3.66. The molecule has 0 bridgehead atoms. The molecule has 1 unspecified atom stereocenters. The second-order valence-corrected chi connectivity index (χ2v) is 7.75. The molecule has 0 radical (unpaired) electrons. The lowest BCUT2D eigenvalue weighted by Crippen LogP contribution is -2.30. The zero-order chi connectivity index (χ0) is 14.8. The maximum Gasteiger partial charge on any atom is 0.211 e. The van der Waals surface area contributed by atoms with Gasteiger partial charge in [0.2, 0.25) is 10.0 Å². The van der Waals surface area contributed by atoms with Gasteiger partial charge in [0.05, 0.1) is 10.8 Å². The summed E-state index contributed by atoms with van der Waals surface area (Å²) < 4.78 is 26.4. The van der Waals surface area contributed by atoms with Gasteiger partial charge in [-0.2, -0.15) is 0 Å². The lowest BCUT2D eigenvalue weighted by Gasteiger charge is -2.10. The predicted octanol–water partition coefficient (Wildman–Crippen LogP) is 1.95. The smallest absolute Gasteiger partial charge is 0.211 e. The lowest BCUT2D eigenvalue weighted by molar-refractivity contribution is 0.567. The molecule has 0 amide bonds. The summed E-state index contributed by atoms with van der Waals surface area (Å²) in [5.74, 6) is 0.321. The largest absolute Gasteiger partial charge is 0.317 e. The minimum Gasteiger partial charge on any atom is -0.317 e. The van der Waals surface area contributed by atoms with Crippen LogP contribution in [0.2, 0.25) is 0 Å². The van der Waals surface area contributed by atoms with E-state index in [1.807, 2.05) is 12.3 Å². The van der Waals surface area contributed by atoms with Crippen molar-refractivity contribution in [1.29, 1.82) is 0 Å². The number of aromatic nitrogens is 1. The van der Waals surface area contributed by atoms with Crippen molar-refractivity contribution in [2.45, 2.75) is 39.0 Å². The standard InChI is InChI=1S/C13H25N3O2S2/c1-3-6-14-7-4-5-10-20(17,18)16-11-12(2)13-15-8-9-19-13/h8-9,12,14,16H,3-7,10-11H2,1-2H3. The molecule has 0 saturated heterocycles. The first-order chi connectivity index (χ1) is 9.55. The van der Waals surface area contributed by atoms with Gasteiger partial charge in [-0.05, 0) is 32.4 Å². The molecule has 1 rings (SSSR count). The van der Waals surface area contributed by atoms with Crippen molar-refractivity contribution in [1.82, 2.24) is 15.0 Å². The van der Waals surface area contributed by atoms with Gasteiger partial charge >= 0.3 is 0 Å². The fraction of sp³-hybridized carbons (Fsp3) is 0.769. The Kier molecular flexibility index (Phi) is 8.28. The third-order valence-corrected chi connectivity index (χ3v) is 5.37. The van der Waals surface area contributed by atoms with Crippen LogP contribution in [0.15, 0.2) is 11.6 Å². The van der Waals surface area contributed by atoms with Gasteiger partial charge in [-0.1, -0.05) is 13.8 Å². The highest BCUT2D eigenvalue weighted by Gasteiger charge is 2.14. The Labute approximate surface area is 126 Å². The van der Waals surface area contributed by atoms with Crippen LogP contribution in [-0.4, -0.2) is 38.8 Å². The zero-order valence-corrected chi connectivity index (χ0v) is 13.9. The van der Waals surface area contributed by atoms with E-state index in [0.717, 1.165) is 30.9 Å². The minimum absolute atomic E-state index is 0.121. The van der Waals surface area contributed by atoms with Crippen LogP contribution in [-0.2, 0) is 10.0 Å². The molecule has 1 aromatic rings. The highest BCUT2D eigenvalue weighted by Crippen LogP contribution is 2.16. The Bertz CT molecular complexity index is 446. The van der Waals surface area contributed by atoms with E-state index < -0.39 is 10.0 Å². The molecule has 0 aliphatic carbocycles. The minimum atomic E-state index is -3.16. The fourth-order valence-electron chi connectivity index (χ4n) is 1.73. The van der Waals surface area contributed by atoms with Gasteiger partial charge in [-0.25, -0.2) is 18.1 Å². The maximum atomic E-state index is 11.8. The molecule has 1 aromatic heterocycles. The zero-order valence-electron chi connectivity index (χ0n) is 12.3. The summed E-state index contributed by atoms with van der Waals surface area (Å²) in [7, 11) is -3.16. The van der Waals surface area contributed by atoms with Gasteiger partial charge in [-0.15, -0.1) is 11.3 Å². The third-order valence-electron chi connectivity index (χ3n) is 2.93. The molecule has 0 saturated carbocycles.